The van der Waals surface area contributed by atoms with E-state index in [9.17, 15) is 23.5 Å². The first kappa shape index (κ1) is 26.9. The van der Waals surface area contributed by atoms with Crippen LogP contribution in [0.4, 0.5) is 20.2 Å². The number of halogens is 2. The fourth-order valence-electron chi connectivity index (χ4n) is 4.62. The molecule has 0 spiro atoms. The highest BCUT2D eigenvalue weighted by molar-refractivity contribution is 6.51. The van der Waals surface area contributed by atoms with Gasteiger partial charge in [-0.3, -0.25) is 14.5 Å². The van der Waals surface area contributed by atoms with E-state index in [4.69, 9.17) is 4.74 Å². The average Bonchev–Trinajstić information content (AvgIpc) is 3.16. The Kier molecular flexibility index (Phi) is 7.80. The summed E-state index contributed by atoms with van der Waals surface area (Å²) >= 11 is 0. The number of aliphatic hydroxyl groups is 1. The van der Waals surface area contributed by atoms with Crippen LogP contribution >= 0.6 is 0 Å². The summed E-state index contributed by atoms with van der Waals surface area (Å²) in [5, 5.41) is 11.3. The summed E-state index contributed by atoms with van der Waals surface area (Å²) in [6, 6.07) is 15.7. The minimum absolute atomic E-state index is 0.00329. The maximum Gasteiger partial charge on any atom is 0.300 e. The van der Waals surface area contributed by atoms with Gasteiger partial charge in [-0.25, -0.2) is 8.78 Å². The van der Waals surface area contributed by atoms with Crippen LogP contribution in [-0.4, -0.2) is 36.0 Å². The molecule has 0 saturated carbocycles. The lowest BCUT2D eigenvalue weighted by molar-refractivity contribution is -0.132. The first-order valence-corrected chi connectivity index (χ1v) is 12.5. The maximum atomic E-state index is 14.2. The molecule has 1 aliphatic rings. The number of anilines is 2. The van der Waals surface area contributed by atoms with Crippen LogP contribution in [0.3, 0.4) is 0 Å². The maximum absolute atomic E-state index is 14.2. The third-order valence-electron chi connectivity index (χ3n) is 6.46. The molecule has 1 saturated heterocycles. The molecule has 198 valence electrons. The van der Waals surface area contributed by atoms with Crippen molar-refractivity contribution in [1.82, 2.24) is 0 Å². The van der Waals surface area contributed by atoms with E-state index in [-0.39, 0.29) is 23.1 Å². The Morgan fingerprint density at radius 3 is 2.13 bits per heavy atom. The number of nitrogens with zero attached hydrogens (tertiary/aromatic N) is 2. The van der Waals surface area contributed by atoms with Crippen molar-refractivity contribution < 1.29 is 28.2 Å². The smallest absolute Gasteiger partial charge is 0.300 e. The van der Waals surface area contributed by atoms with E-state index >= 15 is 0 Å². The second kappa shape index (κ2) is 11.0. The summed E-state index contributed by atoms with van der Waals surface area (Å²) in [4.78, 5) is 29.8. The summed E-state index contributed by atoms with van der Waals surface area (Å²) in [5.41, 5.74) is 1.65. The summed E-state index contributed by atoms with van der Waals surface area (Å²) < 4.78 is 33.5. The zero-order valence-corrected chi connectivity index (χ0v) is 21.7. The van der Waals surface area contributed by atoms with E-state index in [1.807, 2.05) is 39.8 Å². The van der Waals surface area contributed by atoms with Gasteiger partial charge in [-0.2, -0.15) is 0 Å². The highest BCUT2D eigenvalue weighted by atomic mass is 19.2. The van der Waals surface area contributed by atoms with Crippen LogP contribution in [0.5, 0.6) is 5.75 Å². The minimum Gasteiger partial charge on any atom is -0.507 e. The van der Waals surface area contributed by atoms with E-state index in [1.165, 1.54) is 6.07 Å². The number of carbonyl (C=O) groups excluding carboxylic acids is 2. The van der Waals surface area contributed by atoms with Crippen LogP contribution < -0.4 is 14.5 Å². The summed E-state index contributed by atoms with van der Waals surface area (Å²) in [6.45, 7) is 9.43. The lowest BCUT2D eigenvalue weighted by atomic mass is 9.94. The number of hydrogen-bond acceptors (Lipinski definition) is 5. The summed E-state index contributed by atoms with van der Waals surface area (Å²) in [6.07, 6.45) is -0.0461. The predicted molar refractivity (Wildman–Crippen MR) is 143 cm³/mol. The van der Waals surface area contributed by atoms with Gasteiger partial charge < -0.3 is 14.7 Å². The first-order valence-electron chi connectivity index (χ1n) is 12.5. The van der Waals surface area contributed by atoms with Gasteiger partial charge in [0, 0.05) is 36.1 Å². The number of carbonyl (C=O) groups is 2. The van der Waals surface area contributed by atoms with Crippen LogP contribution in [0.15, 0.2) is 72.3 Å². The number of hydrogen-bond donors (Lipinski definition) is 1. The van der Waals surface area contributed by atoms with E-state index in [2.05, 4.69) is 4.90 Å². The van der Waals surface area contributed by atoms with Crippen LogP contribution in [0.2, 0.25) is 0 Å². The van der Waals surface area contributed by atoms with Crippen molar-refractivity contribution in [2.75, 3.05) is 22.9 Å². The molecule has 4 rings (SSSR count). The molecule has 1 fully saturated rings. The molecule has 3 aromatic rings. The fraction of sp³-hybridized carbons (Fsp3) is 0.267. The lowest BCUT2D eigenvalue weighted by Gasteiger charge is -2.27. The van der Waals surface area contributed by atoms with Gasteiger partial charge in [0.25, 0.3) is 11.7 Å². The Morgan fingerprint density at radius 1 is 0.947 bits per heavy atom. The molecule has 38 heavy (non-hydrogen) atoms. The van der Waals surface area contributed by atoms with Crippen molar-refractivity contribution in [3.63, 3.8) is 0 Å². The molecule has 8 heteroatoms. The molecule has 1 atom stereocenters. The Hall–Kier alpha value is -4.20. The number of amides is 1. The van der Waals surface area contributed by atoms with Gasteiger partial charge in [0.1, 0.15) is 11.5 Å². The van der Waals surface area contributed by atoms with Gasteiger partial charge in [-0.15, -0.1) is 0 Å². The van der Waals surface area contributed by atoms with Gasteiger partial charge in [-0.05, 0) is 81.8 Å². The van der Waals surface area contributed by atoms with Crippen LogP contribution in [0.1, 0.15) is 44.9 Å². The molecule has 1 unspecified atom stereocenters. The van der Waals surface area contributed by atoms with Gasteiger partial charge in [-0.1, -0.05) is 12.1 Å². The Morgan fingerprint density at radius 2 is 1.58 bits per heavy atom. The van der Waals surface area contributed by atoms with E-state index in [0.717, 1.165) is 35.8 Å². The van der Waals surface area contributed by atoms with Crippen LogP contribution in [-0.2, 0) is 9.59 Å². The molecule has 0 aromatic heterocycles. The molecule has 6 nitrogen and oxygen atoms in total. The molecule has 3 aromatic carbocycles. The third kappa shape index (κ3) is 5.11. The molecule has 0 bridgehead atoms. The molecule has 1 heterocycles. The second-order valence-corrected chi connectivity index (χ2v) is 9.22. The van der Waals surface area contributed by atoms with Crippen molar-refractivity contribution in [1.29, 1.82) is 0 Å². The topological polar surface area (TPSA) is 70.1 Å². The van der Waals surface area contributed by atoms with Gasteiger partial charge in [0.05, 0.1) is 17.7 Å². The molecule has 0 radical (unpaired) electrons. The number of rotatable bonds is 8. The van der Waals surface area contributed by atoms with Crippen molar-refractivity contribution in [3.8, 4) is 5.75 Å². The molecule has 0 aliphatic carbocycles. The number of ether oxygens (including phenoxy) is 1. The summed E-state index contributed by atoms with van der Waals surface area (Å²) in [7, 11) is 0. The third-order valence-corrected chi connectivity index (χ3v) is 6.46. The zero-order valence-electron chi connectivity index (χ0n) is 21.7. The highest BCUT2D eigenvalue weighted by Crippen LogP contribution is 2.43. The van der Waals surface area contributed by atoms with Crippen LogP contribution in [0.25, 0.3) is 5.76 Å². The normalized spacial score (nSPS) is 16.8. The first-order chi connectivity index (χ1) is 18.2. The zero-order chi connectivity index (χ0) is 27.6. The van der Waals surface area contributed by atoms with Crippen molar-refractivity contribution in [2.24, 2.45) is 0 Å². The van der Waals surface area contributed by atoms with Crippen LogP contribution in [0, 0.1) is 11.6 Å². The standard InChI is InChI=1S/C30H30F2N2O4/c1-5-33(6-2)21-11-7-19(8-12-21)27-26(28(35)20-9-14-23(15-10-20)38-18(3)4)29(36)30(37)34(27)22-13-16-24(31)25(32)17-22/h7-18,27,35H,5-6H2,1-4H3/b28-26+. The molecule has 1 N–H and O–H groups in total. The molecule has 1 aliphatic heterocycles. The molecule has 1 amide bonds. The minimum atomic E-state index is -1.15. The average molecular weight is 521 g/mol. The van der Waals surface area contributed by atoms with E-state index in [1.54, 1.807) is 36.4 Å². The van der Waals surface area contributed by atoms with Gasteiger partial charge in [0.2, 0.25) is 0 Å². The second-order valence-electron chi connectivity index (χ2n) is 9.22. The largest absolute Gasteiger partial charge is 0.507 e. The number of aliphatic hydroxyl groups excluding tert-OH is 1. The summed E-state index contributed by atoms with van der Waals surface area (Å²) in [5.74, 6) is -3.89. The predicted octanol–water partition coefficient (Wildman–Crippen LogP) is 6.22. The SMILES string of the molecule is CCN(CC)c1ccc(C2/C(=C(\O)c3ccc(OC(C)C)cc3)C(=O)C(=O)N2c2ccc(F)c(F)c2)cc1. The van der Waals surface area contributed by atoms with Crippen molar-refractivity contribution >= 4 is 28.8 Å². The van der Waals surface area contributed by atoms with Crippen molar-refractivity contribution in [3.05, 3.63) is 95.1 Å². The Bertz CT molecular complexity index is 1360. The van der Waals surface area contributed by atoms with Crippen molar-refractivity contribution in [2.45, 2.75) is 39.8 Å². The number of Topliss-reactive ketones (excluding diaryl/α,β-unsaturated/α-hetero) is 1. The van der Waals surface area contributed by atoms with Gasteiger partial charge >= 0.3 is 0 Å². The van der Waals surface area contributed by atoms with E-state index < -0.39 is 29.4 Å². The van der Waals surface area contributed by atoms with Gasteiger partial charge in [0.15, 0.2) is 11.6 Å². The molecular formula is C30H30F2N2O4. The quantitative estimate of drug-likeness (QED) is 0.217. The Labute approximate surface area is 220 Å². The number of benzene rings is 3. The highest BCUT2D eigenvalue weighted by Gasteiger charge is 2.47. The number of ketones is 1. The molecular weight excluding hydrogens is 490 g/mol. The lowest BCUT2D eigenvalue weighted by Crippen LogP contribution is -2.29. The van der Waals surface area contributed by atoms with E-state index in [0.29, 0.717) is 16.9 Å². The monoisotopic (exact) mass is 520 g/mol. The Balaban J connectivity index is 1.86. The fourth-order valence-corrected chi connectivity index (χ4v) is 4.62.